The molecule has 0 aromatic heterocycles. The molecule has 0 bridgehead atoms. The Morgan fingerprint density at radius 3 is 2.50 bits per heavy atom. The van der Waals surface area contributed by atoms with Crippen molar-refractivity contribution in [1.82, 2.24) is 15.1 Å². The number of likely N-dealkylation sites (tertiary alicyclic amines) is 1. The van der Waals surface area contributed by atoms with Crippen LogP contribution >= 0.6 is 23.2 Å². The second-order valence-electron chi connectivity index (χ2n) is 7.18. The van der Waals surface area contributed by atoms with Gasteiger partial charge in [-0.2, -0.15) is 0 Å². The monoisotopic (exact) mass is 423 g/mol. The number of carbonyl (C=O) groups excluding carboxylic acids is 1. The van der Waals surface area contributed by atoms with Crippen LogP contribution in [-0.2, 0) is 13.1 Å². The number of carbonyl (C=O) groups is 1. The molecule has 2 aromatic carbocycles. The van der Waals surface area contributed by atoms with Gasteiger partial charge in [0, 0.05) is 48.3 Å². The number of benzene rings is 2. The molecule has 0 spiro atoms. The predicted molar refractivity (Wildman–Crippen MR) is 111 cm³/mol. The summed E-state index contributed by atoms with van der Waals surface area (Å²) in [5, 5.41) is 4.12. The Hall–Kier alpha value is -1.82. The molecule has 0 radical (unpaired) electrons. The Kier molecular flexibility index (Phi) is 7.16. The van der Waals surface area contributed by atoms with E-state index in [0.29, 0.717) is 10.6 Å². The zero-order valence-electron chi connectivity index (χ0n) is 15.8. The van der Waals surface area contributed by atoms with E-state index in [0.717, 1.165) is 37.5 Å². The Morgan fingerprint density at radius 1 is 1.18 bits per heavy atom. The molecule has 3 rings (SSSR count). The highest BCUT2D eigenvalue weighted by molar-refractivity contribution is 6.31. The van der Waals surface area contributed by atoms with Crippen molar-refractivity contribution in [3.05, 3.63) is 69.5 Å². The molecule has 0 aliphatic carbocycles. The van der Waals surface area contributed by atoms with Crippen molar-refractivity contribution < 1.29 is 9.18 Å². The Labute approximate surface area is 175 Å². The lowest BCUT2D eigenvalue weighted by Crippen LogP contribution is -2.48. The van der Waals surface area contributed by atoms with Crippen molar-refractivity contribution in [2.45, 2.75) is 32.0 Å². The zero-order valence-corrected chi connectivity index (χ0v) is 17.3. The number of halogens is 3. The van der Waals surface area contributed by atoms with E-state index in [-0.39, 0.29) is 18.6 Å². The molecular weight excluding hydrogens is 400 g/mol. The average molecular weight is 424 g/mol. The number of nitrogens with zero attached hydrogens (tertiary/aromatic N) is 2. The van der Waals surface area contributed by atoms with Crippen molar-refractivity contribution in [2.24, 2.45) is 0 Å². The lowest BCUT2D eigenvalue weighted by atomic mass is 10.0. The topological polar surface area (TPSA) is 35.6 Å². The van der Waals surface area contributed by atoms with Crippen LogP contribution in [0.1, 0.15) is 24.0 Å². The van der Waals surface area contributed by atoms with E-state index in [1.165, 1.54) is 16.5 Å². The van der Waals surface area contributed by atoms with Crippen molar-refractivity contribution in [1.29, 1.82) is 0 Å². The van der Waals surface area contributed by atoms with Gasteiger partial charge in [-0.15, -0.1) is 0 Å². The second kappa shape index (κ2) is 9.59. The molecule has 1 heterocycles. The molecule has 2 aromatic rings. The number of piperidine rings is 1. The molecule has 1 aliphatic heterocycles. The zero-order chi connectivity index (χ0) is 20.1. The number of hydrogen-bond acceptors (Lipinski definition) is 2. The molecule has 1 aliphatic rings. The molecule has 7 heteroatoms. The fourth-order valence-electron chi connectivity index (χ4n) is 3.36. The normalized spacial score (nSPS) is 15.4. The van der Waals surface area contributed by atoms with Gasteiger partial charge in [-0.05, 0) is 42.7 Å². The van der Waals surface area contributed by atoms with Crippen LogP contribution in [0.25, 0.3) is 0 Å². The molecular formula is C21H24Cl2FN3O. The molecule has 150 valence electrons. The fraction of sp³-hybridized carbons (Fsp3) is 0.381. The summed E-state index contributed by atoms with van der Waals surface area (Å²) in [6.07, 6.45) is 1.77. The third-order valence-corrected chi connectivity index (χ3v) is 5.64. The number of urea groups is 1. The van der Waals surface area contributed by atoms with Gasteiger partial charge >= 0.3 is 6.03 Å². The lowest BCUT2D eigenvalue weighted by molar-refractivity contribution is 0.173. The first-order valence-electron chi connectivity index (χ1n) is 9.33. The predicted octanol–water partition coefficient (Wildman–Crippen LogP) is 4.94. The molecule has 2 amide bonds. The molecule has 1 saturated heterocycles. The summed E-state index contributed by atoms with van der Waals surface area (Å²) in [5.41, 5.74) is 1.56. The maximum Gasteiger partial charge on any atom is 0.317 e. The van der Waals surface area contributed by atoms with Gasteiger partial charge in [0.2, 0.25) is 0 Å². The maximum absolute atomic E-state index is 13.9. The fourth-order valence-corrected chi connectivity index (χ4v) is 3.71. The molecule has 1 fully saturated rings. The van der Waals surface area contributed by atoms with Crippen LogP contribution in [0.3, 0.4) is 0 Å². The number of hydrogen-bond donors (Lipinski definition) is 1. The van der Waals surface area contributed by atoms with Crippen LogP contribution in [-0.4, -0.2) is 42.0 Å². The molecule has 28 heavy (non-hydrogen) atoms. The summed E-state index contributed by atoms with van der Waals surface area (Å²) in [7, 11) is 1.65. The first-order valence-corrected chi connectivity index (χ1v) is 10.1. The van der Waals surface area contributed by atoms with E-state index in [4.69, 9.17) is 23.2 Å². The number of amides is 2. The smallest absolute Gasteiger partial charge is 0.317 e. The van der Waals surface area contributed by atoms with Gasteiger partial charge in [0.15, 0.2) is 0 Å². The van der Waals surface area contributed by atoms with Gasteiger partial charge in [0.1, 0.15) is 5.82 Å². The summed E-state index contributed by atoms with van der Waals surface area (Å²) in [4.78, 5) is 16.3. The minimum Gasteiger partial charge on any atom is -0.335 e. The molecule has 4 nitrogen and oxygen atoms in total. The third-order valence-electron chi connectivity index (χ3n) is 5.04. The lowest BCUT2D eigenvalue weighted by Gasteiger charge is -2.33. The maximum atomic E-state index is 13.9. The number of rotatable bonds is 5. The van der Waals surface area contributed by atoms with Crippen LogP contribution in [0.5, 0.6) is 0 Å². The van der Waals surface area contributed by atoms with E-state index >= 15 is 0 Å². The van der Waals surface area contributed by atoms with Crippen molar-refractivity contribution in [2.75, 3.05) is 20.1 Å². The van der Waals surface area contributed by atoms with Crippen LogP contribution in [0.4, 0.5) is 9.18 Å². The highest BCUT2D eigenvalue weighted by Crippen LogP contribution is 2.21. The highest BCUT2D eigenvalue weighted by Gasteiger charge is 2.22. The Morgan fingerprint density at radius 2 is 1.86 bits per heavy atom. The van der Waals surface area contributed by atoms with Gasteiger partial charge in [0.05, 0.1) is 6.54 Å². The Bertz CT molecular complexity index is 788. The van der Waals surface area contributed by atoms with E-state index in [2.05, 4.69) is 10.2 Å². The minimum absolute atomic E-state index is 0.118. The van der Waals surface area contributed by atoms with E-state index < -0.39 is 5.82 Å². The van der Waals surface area contributed by atoms with Gasteiger partial charge in [0.25, 0.3) is 0 Å². The largest absolute Gasteiger partial charge is 0.335 e. The van der Waals surface area contributed by atoms with E-state index in [1.807, 2.05) is 24.3 Å². The van der Waals surface area contributed by atoms with Crippen molar-refractivity contribution in [3.8, 4) is 0 Å². The average Bonchev–Trinajstić information content (AvgIpc) is 2.68. The third kappa shape index (κ3) is 5.60. The first kappa shape index (κ1) is 20.9. The molecule has 1 N–H and O–H groups in total. The van der Waals surface area contributed by atoms with E-state index in [1.54, 1.807) is 19.2 Å². The van der Waals surface area contributed by atoms with Crippen molar-refractivity contribution >= 4 is 29.2 Å². The number of nitrogens with one attached hydrogen (secondary N) is 1. The van der Waals surface area contributed by atoms with Gasteiger partial charge in [-0.25, -0.2) is 9.18 Å². The quantitative estimate of drug-likeness (QED) is 0.738. The second-order valence-corrected chi connectivity index (χ2v) is 8.03. The summed E-state index contributed by atoms with van der Waals surface area (Å²) in [5.74, 6) is -0.400. The Balaban J connectivity index is 1.46. The molecule has 0 unspecified atom stereocenters. The summed E-state index contributed by atoms with van der Waals surface area (Å²) in [6.45, 7) is 2.84. The van der Waals surface area contributed by atoms with E-state index in [9.17, 15) is 9.18 Å². The summed E-state index contributed by atoms with van der Waals surface area (Å²) < 4.78 is 13.9. The van der Waals surface area contributed by atoms with Crippen LogP contribution < -0.4 is 5.32 Å². The van der Waals surface area contributed by atoms with Gasteiger partial charge in [-0.3, -0.25) is 4.90 Å². The summed E-state index contributed by atoms with van der Waals surface area (Å²) in [6, 6.07) is 12.3. The standard InChI is InChI=1S/C21H24Cl2FN3O/c1-26(14-18-19(23)3-2-4-20(18)24)21(28)25-17-9-11-27(12-10-17)13-15-5-7-16(22)8-6-15/h2-8,17H,9-14H2,1H3,(H,25,28). The summed E-state index contributed by atoms with van der Waals surface area (Å²) >= 11 is 12.0. The highest BCUT2D eigenvalue weighted by atomic mass is 35.5. The SMILES string of the molecule is CN(Cc1c(F)cccc1Cl)C(=O)NC1CCN(Cc2ccc(Cl)cc2)CC1. The van der Waals surface area contributed by atoms with Gasteiger partial charge < -0.3 is 10.2 Å². The van der Waals surface area contributed by atoms with Crippen LogP contribution in [0.2, 0.25) is 10.0 Å². The minimum atomic E-state index is -0.400. The first-order chi connectivity index (χ1) is 13.4. The molecule has 0 saturated carbocycles. The van der Waals surface area contributed by atoms with Crippen LogP contribution in [0, 0.1) is 5.82 Å². The van der Waals surface area contributed by atoms with Gasteiger partial charge in [-0.1, -0.05) is 41.4 Å². The van der Waals surface area contributed by atoms with Crippen LogP contribution in [0.15, 0.2) is 42.5 Å². The molecule has 0 atom stereocenters. The van der Waals surface area contributed by atoms with Crippen molar-refractivity contribution in [3.63, 3.8) is 0 Å².